The molecule has 0 spiro atoms. The Morgan fingerprint density at radius 3 is 1.72 bits per heavy atom. The summed E-state index contributed by atoms with van der Waals surface area (Å²) in [7, 11) is 0. The molecule has 27 nitrogen and oxygen atoms in total. The number of carbonyl (C=O) groups is 1. The summed E-state index contributed by atoms with van der Waals surface area (Å²) in [4.78, 5) is 12.7. The van der Waals surface area contributed by atoms with Crippen molar-refractivity contribution in [2.24, 2.45) is 50.2 Å². The molecule has 34 atom stereocenters. The summed E-state index contributed by atoms with van der Waals surface area (Å²) in [5.74, 6) is -1.72. The van der Waals surface area contributed by atoms with E-state index in [0.29, 0.717) is 25.7 Å². The third-order valence-electron chi connectivity index (χ3n) is 23.1. The van der Waals surface area contributed by atoms with E-state index in [1.165, 1.54) is 12.5 Å². The van der Waals surface area contributed by atoms with Crippen LogP contribution in [-0.4, -0.2) is 274 Å². The summed E-state index contributed by atoms with van der Waals surface area (Å²) in [6.07, 6.45) is -34.2. The van der Waals surface area contributed by atoms with Gasteiger partial charge < -0.3 is 129 Å². The molecule has 494 valence electrons. The van der Waals surface area contributed by atoms with Gasteiger partial charge in [0, 0.05) is 12.0 Å². The van der Waals surface area contributed by atoms with E-state index >= 15 is 0 Å². The molecule has 9 fully saturated rings. The lowest BCUT2D eigenvalue weighted by atomic mass is 9.33. The molecule has 0 radical (unpaired) electrons. The van der Waals surface area contributed by atoms with E-state index in [-0.39, 0.29) is 53.6 Å². The smallest absolute Gasteiger partial charge is 0.335 e. The number of allylic oxidation sites excluding steroid dienone is 2. The lowest BCUT2D eigenvalue weighted by Gasteiger charge is -2.72. The molecule has 10 unspecified atom stereocenters. The minimum atomic E-state index is -2.13. The first-order chi connectivity index (χ1) is 40.2. The van der Waals surface area contributed by atoms with Crippen molar-refractivity contribution in [2.75, 3.05) is 26.4 Å². The van der Waals surface area contributed by atoms with Gasteiger partial charge in [0.05, 0.1) is 38.1 Å². The average Bonchev–Trinajstić information content (AvgIpc) is 0.687. The second-order valence-electron chi connectivity index (χ2n) is 28.9. The maximum atomic E-state index is 12.7. The van der Waals surface area contributed by atoms with Gasteiger partial charge in [-0.05, 0) is 110 Å². The molecule has 86 heavy (non-hydrogen) atoms. The van der Waals surface area contributed by atoms with Crippen LogP contribution in [0.1, 0.15) is 113 Å². The van der Waals surface area contributed by atoms with Crippen molar-refractivity contribution in [3.05, 3.63) is 11.6 Å². The summed E-state index contributed by atoms with van der Waals surface area (Å²) in [5.41, 5.74) is -1.60. The number of fused-ring (bicyclic) bond motifs is 7. The summed E-state index contributed by atoms with van der Waals surface area (Å²) >= 11 is 0. The molecule has 4 saturated carbocycles. The van der Waals surface area contributed by atoms with Crippen LogP contribution in [-0.2, 0) is 52.2 Å². The van der Waals surface area contributed by atoms with Gasteiger partial charge in [-0.1, -0.05) is 60.1 Å². The normalized spacial score (nSPS) is 55.7. The zero-order valence-corrected chi connectivity index (χ0v) is 50.2. The van der Waals surface area contributed by atoms with Crippen molar-refractivity contribution in [3.8, 4) is 0 Å². The summed E-state index contributed by atoms with van der Waals surface area (Å²) in [6.45, 7) is 14.8. The van der Waals surface area contributed by atoms with Crippen LogP contribution < -0.4 is 0 Å². The first-order valence-corrected chi connectivity index (χ1v) is 30.7. The minimum Gasteiger partial charge on any atom is -0.479 e. The molecule has 10 rings (SSSR count). The number of carboxylic acid groups (broad SMARTS) is 1. The highest BCUT2D eigenvalue weighted by molar-refractivity contribution is 5.73. The fourth-order valence-corrected chi connectivity index (χ4v) is 17.9. The van der Waals surface area contributed by atoms with Crippen LogP contribution in [0.3, 0.4) is 0 Å². The molecule has 0 aromatic heterocycles. The van der Waals surface area contributed by atoms with E-state index in [4.69, 9.17) is 47.4 Å². The van der Waals surface area contributed by atoms with E-state index in [2.05, 4.69) is 47.6 Å². The molecular weight excluding hydrogens is 1140 g/mol. The van der Waals surface area contributed by atoms with Gasteiger partial charge in [-0.15, -0.1) is 0 Å². The van der Waals surface area contributed by atoms with Crippen molar-refractivity contribution >= 4 is 5.97 Å². The number of hydrogen-bond acceptors (Lipinski definition) is 26. The predicted molar refractivity (Wildman–Crippen MR) is 290 cm³/mol. The molecule has 5 aliphatic heterocycles. The maximum absolute atomic E-state index is 12.7. The molecule has 0 amide bonds. The summed E-state index contributed by atoms with van der Waals surface area (Å²) in [6, 6.07) is 0. The first kappa shape index (κ1) is 67.1. The number of carboxylic acids is 1. The maximum Gasteiger partial charge on any atom is 0.335 e. The monoisotopic (exact) mass is 1240 g/mol. The van der Waals surface area contributed by atoms with Crippen molar-refractivity contribution in [2.45, 2.75) is 273 Å². The number of rotatable bonds is 14. The van der Waals surface area contributed by atoms with Gasteiger partial charge in [0.15, 0.2) is 37.6 Å². The molecule has 10 aliphatic rings. The van der Waals surface area contributed by atoms with Crippen LogP contribution in [0.15, 0.2) is 11.6 Å². The van der Waals surface area contributed by atoms with Gasteiger partial charge >= 0.3 is 5.97 Å². The number of aliphatic carboxylic acids is 1. The fraction of sp³-hybridized carbons (Fsp3) is 0.949. The predicted octanol–water partition coefficient (Wildman–Crippen LogP) is -3.01. The minimum absolute atomic E-state index is 0.0183. The Labute approximate surface area is 499 Å². The van der Waals surface area contributed by atoms with E-state index in [1.807, 2.05) is 6.92 Å². The molecule has 5 saturated heterocycles. The molecular formula is C59H96O27. The van der Waals surface area contributed by atoms with Crippen LogP contribution in [0.4, 0.5) is 0 Å². The van der Waals surface area contributed by atoms with E-state index in [9.17, 15) is 86.5 Å². The Hall–Kier alpha value is -1.79. The van der Waals surface area contributed by atoms with Crippen LogP contribution in [0.2, 0.25) is 0 Å². The van der Waals surface area contributed by atoms with Crippen molar-refractivity contribution in [1.82, 2.24) is 0 Å². The van der Waals surface area contributed by atoms with Gasteiger partial charge in [-0.2, -0.15) is 0 Å². The Bertz CT molecular complexity index is 2400. The molecule has 0 aromatic rings. The second kappa shape index (κ2) is 24.6. The number of ether oxygens (including phenoxy) is 10. The summed E-state index contributed by atoms with van der Waals surface area (Å²) in [5, 5.41) is 174. The standard InChI is InChI=1S/C59H96O27/c1-23-33(64)37(68)42(73)49(78-23)85-46-39(70)36(67)29(20-61)81-53(46)86-47-41(72)40(71)44(48(75)76)83-52(47)79-24-15-55(4,22-62)30-11-12-59(8)31(57(30,6)16-24)10-9-25-26-17-54(2,3)18-32(56(26,5)13-14-58(25,59)7)82-51-45(34(65)27(63)21-77-51)84-50-43(74)38(69)35(66)28(19-60)80-50/h9,23-24,26-47,49-53,60-74H,10-22H2,1-8H3,(H,75,76)/t23-,24?,26?,27+,28+,29+,30?,31?,32?,33-,34-,35+,36-,37+,38-,39-,40-,41-,42+,43+,44-,45+,46+,47+,49-,50-,51-,52+,53-,55?,56?,57?,58?,59?/m0/s1. The first-order valence-electron chi connectivity index (χ1n) is 30.7. The third-order valence-corrected chi connectivity index (χ3v) is 23.1. The van der Waals surface area contributed by atoms with Crippen LogP contribution >= 0.6 is 0 Å². The quantitative estimate of drug-likeness (QED) is 0.0608. The third kappa shape index (κ3) is 11.3. The molecule has 0 bridgehead atoms. The number of aliphatic hydroxyl groups is 15. The zero-order valence-electron chi connectivity index (χ0n) is 50.2. The van der Waals surface area contributed by atoms with Crippen molar-refractivity contribution in [3.63, 3.8) is 0 Å². The van der Waals surface area contributed by atoms with Gasteiger partial charge in [0.1, 0.15) is 104 Å². The van der Waals surface area contributed by atoms with E-state index in [1.54, 1.807) is 0 Å². The topological polar surface area (TPSA) is 433 Å². The van der Waals surface area contributed by atoms with Crippen LogP contribution in [0.25, 0.3) is 0 Å². The van der Waals surface area contributed by atoms with Gasteiger partial charge in [0.25, 0.3) is 0 Å². The Kier molecular flexibility index (Phi) is 19.2. The highest BCUT2D eigenvalue weighted by Crippen LogP contribution is 2.76. The molecule has 5 heterocycles. The average molecular weight is 1240 g/mol. The number of aliphatic hydroxyl groups excluding tert-OH is 15. The Morgan fingerprint density at radius 2 is 1.10 bits per heavy atom. The van der Waals surface area contributed by atoms with Gasteiger partial charge in [-0.25, -0.2) is 4.79 Å². The Morgan fingerprint density at radius 1 is 0.547 bits per heavy atom. The lowest BCUT2D eigenvalue weighted by molar-refractivity contribution is -0.394. The fourth-order valence-electron chi connectivity index (χ4n) is 17.9. The van der Waals surface area contributed by atoms with Crippen LogP contribution in [0.5, 0.6) is 0 Å². The number of hydrogen-bond donors (Lipinski definition) is 16. The van der Waals surface area contributed by atoms with Crippen molar-refractivity contribution < 1.29 is 134 Å². The van der Waals surface area contributed by atoms with Crippen LogP contribution in [0, 0.1) is 50.2 Å². The summed E-state index contributed by atoms with van der Waals surface area (Å²) < 4.78 is 61.5. The van der Waals surface area contributed by atoms with E-state index < -0.39 is 195 Å². The SMILES string of the molecule is C[C@@H]1O[C@@H](O[C@H]2[C@H](O[C@H]3[C@H](OC4CC(C)(CO)C5CCC6(C)C(CC=C7C8CC(C)(C)CC(O[C@@H]9OC[C@@H](O)[C@H](O)[C@H]9O[C@@H]9O[C@H](CO)[C@@H](O)[C@H](O)[C@H]9O)C8(C)CCC76C)C5(C)C4)O[C@H](C(=O)O)[C@@H](O)[C@@H]3O)O[C@H](CO)[C@H](O)[C@@H]2O)[C@H](O)[C@H](O)[C@H]1O. The Balaban J connectivity index is 0.925. The molecule has 27 heteroatoms. The highest BCUT2D eigenvalue weighted by atomic mass is 16.8. The second-order valence-corrected chi connectivity index (χ2v) is 28.9. The largest absolute Gasteiger partial charge is 0.479 e. The molecule has 5 aliphatic carbocycles. The van der Waals surface area contributed by atoms with Crippen molar-refractivity contribution in [1.29, 1.82) is 0 Å². The highest BCUT2D eigenvalue weighted by Gasteiger charge is 2.70. The molecule has 0 aromatic carbocycles. The zero-order chi connectivity index (χ0) is 62.9. The van der Waals surface area contributed by atoms with Gasteiger partial charge in [0.2, 0.25) is 0 Å². The van der Waals surface area contributed by atoms with Gasteiger partial charge in [-0.3, -0.25) is 0 Å². The molecule has 16 N–H and O–H groups in total. The van der Waals surface area contributed by atoms with E-state index in [0.717, 1.165) is 25.7 Å². The lowest BCUT2D eigenvalue weighted by Crippen LogP contribution is -2.68.